The minimum Gasteiger partial charge on any atom is -0.491 e. The van der Waals surface area contributed by atoms with Gasteiger partial charge in [0.25, 0.3) is 12.5 Å². The van der Waals surface area contributed by atoms with Crippen LogP contribution in [-0.4, -0.2) is 379 Å². The smallest absolute Gasteiger partial charge is 0.346 e. The zero-order chi connectivity index (χ0) is 105. The number of rotatable bonds is 46. The summed E-state index contributed by atoms with van der Waals surface area (Å²) in [5.41, 5.74) is 17.6. The van der Waals surface area contributed by atoms with Crippen molar-refractivity contribution in [2.75, 3.05) is 173 Å². The van der Waals surface area contributed by atoms with E-state index >= 15 is 0 Å². The highest BCUT2D eigenvalue weighted by Crippen LogP contribution is 2.90. The SMILES string of the molecule is COC1[C@@H](OC)[C@@H](CO)O[C@H]1[N+]1=Cc2c(N)ncnc2C1.COC1[C@H](COc2ccccc2)O[C@H](COP(=O)(O)CP(=O)(O)OC[C@H]2O[C@@H]([N+]3=Cc4c(N)ncnc4C3)C(OC)[C@H]2OC)[C@@H]1OC.COC1[C@H](OCc2ccccc2)O[C@H](COP(=O)(O)CP(=O)(O)O)[C@@H]1OC.COC1[C@H](OCc2ccccc2)O[C@H](COP2(=O)CP3(=O)CP(=O)(CP(=O)(OC[C@H]4O[C@@H](OCc5ccccc5)C(OC)[C@H]4OC)O3)O2)[C@@H]1OC. The molecule has 10 N–H and O–H groups in total. The van der Waals surface area contributed by atoms with Crippen molar-refractivity contribution in [3.63, 3.8) is 0 Å². The first-order valence-corrected chi connectivity index (χ1v) is 60.2. The van der Waals surface area contributed by atoms with E-state index in [4.69, 9.17) is 157 Å². The number of aliphatic hydroxyl groups is 1. The maximum atomic E-state index is 13.9. The molecule has 2 bridgehead atoms. The van der Waals surface area contributed by atoms with Gasteiger partial charge in [-0.1, -0.05) is 109 Å². The van der Waals surface area contributed by atoms with Crippen LogP contribution < -0.4 is 16.2 Å². The molecule has 8 saturated heterocycles. The van der Waals surface area contributed by atoms with Crippen molar-refractivity contribution in [2.45, 2.75) is 180 Å². The fourth-order valence-corrected chi connectivity index (χ4v) is 42.5. The quantitative estimate of drug-likeness (QED) is 0.0142. The average Bonchev–Trinajstić information content (AvgIpc) is 1.00. The lowest BCUT2D eigenvalue weighted by Gasteiger charge is -2.40. The van der Waals surface area contributed by atoms with Gasteiger partial charge in [0, 0.05) is 85.3 Å². The van der Waals surface area contributed by atoms with E-state index in [0.717, 1.165) is 27.9 Å². The molecule has 10 aliphatic rings. The summed E-state index contributed by atoms with van der Waals surface area (Å²) in [5, 5.41) is 9.43. The molecular weight excluding hydrogens is 2090 g/mol. The molecule has 6 aromatic rings. The number of fused-ring (bicyclic) bond motifs is 4. The van der Waals surface area contributed by atoms with Crippen molar-refractivity contribution in [2.24, 2.45) is 0 Å². The molecule has 4 aromatic carbocycles. The topological polar surface area (TPSA) is 635 Å². The van der Waals surface area contributed by atoms with Crippen molar-refractivity contribution in [1.82, 2.24) is 19.9 Å². The summed E-state index contributed by atoms with van der Waals surface area (Å²) >= 11 is 0. The highest BCUT2D eigenvalue weighted by molar-refractivity contribution is 7.96. The first-order chi connectivity index (χ1) is 69.7. The number of nitrogen functional groups attached to an aromatic ring is 2. The Balaban J connectivity index is 0.000000172. The molecule has 13 unspecified atom stereocenters. The molecule has 0 amide bonds. The standard InChI is InChI=1S/C31H44O16P4.C28H40N4O13P2.C15H24O10P2.C13H18N4O4/c1-36-26-24(44-30(28(26)38-3)40-15-22-11-7-5-8-12-22)17-42-50(34)20-48(32)19-49(33,46-50)21-51(35,47-48)43-18-25-27(37-2)29(39-4)31(45-25)41-16-23-13-9-6-10-14-23;1-37-23-20(12-41-17-8-6-5-7-9-17)44-21(24(23)38-2)13-42-46(33,34)16-47(35,36)43-14-22-25(39-3)26(40-4)28(45-22)32-10-18-19(11-32)30-15-31-27(18)29;1-21-13-12(9-24-27(19,20)10-26(16,17)18)25-15(14(13)22-2)23-8-11-6-4-3-5-7-11;1-19-10-9(5-18)21-13(11(10)20-2)17-3-7-8(4-17)15-6-16-12(7)14/h5-14,24-31H,15-21H2,1-4H3;5-10,15,20-26,28-29H,11-14,16H2,1-4H3,(H2,33,34,35,36);3-7,12-15H,8-10H2,1-2H3,(H,19,20)(H2,16,17,18);3,6,9-11,13-14,18H,4-5H2,1-2H3/p+2/t24-,25-,26+,27+,28?,29?,30-,31-,48?,49?,50?,51?;20-,21+,22+,23?,24-,25-,26?,28+;12-,13+,14?,15-;9-,10+,11?,13-/m1011/s1. The summed E-state index contributed by atoms with van der Waals surface area (Å²) in [6.07, 6.45) is -9.54. The largest absolute Gasteiger partial charge is 0.491 e. The van der Waals surface area contributed by atoms with Gasteiger partial charge in [-0.05, 0) is 28.8 Å². The molecule has 0 saturated carbocycles. The van der Waals surface area contributed by atoms with Crippen LogP contribution in [0.15, 0.2) is 134 Å². The van der Waals surface area contributed by atoms with Crippen molar-refractivity contribution < 1.29 is 211 Å². The molecule has 51 nitrogen and oxygen atoms in total. The number of para-hydroxylation sites is 1. The minimum atomic E-state index is -4.70. The van der Waals surface area contributed by atoms with Gasteiger partial charge in [-0.2, -0.15) is 9.15 Å². The molecule has 12 heterocycles. The van der Waals surface area contributed by atoms with E-state index in [-0.39, 0.29) is 64.7 Å². The fraction of sp³-hybridized carbons (Fsp3) is 0.609. The minimum absolute atomic E-state index is 0.122. The molecule has 2 aromatic heterocycles. The normalized spacial score (nSPS) is 34.0. The zero-order valence-corrected chi connectivity index (χ0v) is 89.1. The number of anilines is 2. The van der Waals surface area contributed by atoms with Crippen LogP contribution in [0.25, 0.3) is 0 Å². The van der Waals surface area contributed by atoms with Crippen LogP contribution in [0.2, 0.25) is 0 Å². The maximum absolute atomic E-state index is 13.9. The van der Waals surface area contributed by atoms with E-state index in [1.807, 2.05) is 125 Å². The van der Waals surface area contributed by atoms with Crippen LogP contribution >= 0.6 is 60.3 Å². The molecule has 0 radical (unpaired) electrons. The number of nitrogens with zero attached hydrogens (tertiary/aromatic N) is 6. The third-order valence-electron chi connectivity index (χ3n) is 24.7. The number of methoxy groups -OCH3 is 12. The number of benzene rings is 4. The summed E-state index contributed by atoms with van der Waals surface area (Å²) in [5.74, 6) is -3.13. The maximum Gasteiger partial charge on any atom is 0.346 e. The van der Waals surface area contributed by atoms with Gasteiger partial charge in [0.05, 0.1) is 59.5 Å². The predicted octanol–water partition coefficient (Wildman–Crippen LogP) is 6.88. The Morgan fingerprint density at radius 2 is 0.664 bits per heavy atom. The average molecular weight is 2220 g/mol. The molecule has 16 rings (SSSR count). The van der Waals surface area contributed by atoms with E-state index in [2.05, 4.69) is 19.9 Å². The third-order valence-corrected chi connectivity index (χ3v) is 47.3. The monoisotopic (exact) mass is 2220 g/mol. The molecule has 31 atom stereocenters. The number of hydrogen-bond donors (Lipinski definition) is 8. The van der Waals surface area contributed by atoms with Gasteiger partial charge < -0.3 is 168 Å². The van der Waals surface area contributed by atoms with E-state index in [9.17, 15) is 56.3 Å². The van der Waals surface area contributed by atoms with Crippen LogP contribution in [0.3, 0.4) is 0 Å². The Labute approximate surface area is 842 Å². The first kappa shape index (κ1) is 117. The summed E-state index contributed by atoms with van der Waals surface area (Å²) in [7, 11) is -17.6. The number of aromatic nitrogens is 4. The number of hydrogen-bond acceptors (Lipinski definition) is 44. The lowest BCUT2D eigenvalue weighted by molar-refractivity contribution is -0.625. The number of ether oxygens (including phenoxy) is 22. The van der Waals surface area contributed by atoms with Gasteiger partial charge in [0.15, 0.2) is 68.4 Å². The molecule has 59 heteroatoms. The molecule has 0 spiro atoms. The molecule has 0 aliphatic carbocycles. The third kappa shape index (κ3) is 30.5. The number of aliphatic hydroxyl groups excluding tert-OH is 1. The van der Waals surface area contributed by atoms with Gasteiger partial charge in [-0.3, -0.25) is 36.5 Å². The Hall–Kier alpha value is -5.74. The van der Waals surface area contributed by atoms with Crippen molar-refractivity contribution in [3.8, 4) is 5.75 Å². The molecule has 146 heavy (non-hydrogen) atoms. The lowest BCUT2D eigenvalue weighted by atomic mass is 10.1. The Bertz CT molecular complexity index is 5530. The molecule has 8 fully saturated rings. The first-order valence-electron chi connectivity index (χ1n) is 45.7. The molecule has 812 valence electrons. The van der Waals surface area contributed by atoms with Crippen molar-refractivity contribution in [1.29, 1.82) is 0 Å². The van der Waals surface area contributed by atoms with Crippen LogP contribution in [-0.2, 0) is 200 Å². The van der Waals surface area contributed by atoms with Crippen LogP contribution in [0.5, 0.6) is 5.75 Å². The van der Waals surface area contributed by atoms with Gasteiger partial charge in [0.1, 0.15) is 181 Å². The Kier molecular flexibility index (Phi) is 42.5. The van der Waals surface area contributed by atoms with Crippen molar-refractivity contribution in [3.05, 3.63) is 173 Å². The zero-order valence-electron chi connectivity index (χ0n) is 81.9. The summed E-state index contributed by atoms with van der Waals surface area (Å²) in [6, 6.07) is 37.4. The molecular formula is C87H128N8O43P8+2. The predicted molar refractivity (Wildman–Crippen MR) is 514 cm³/mol. The molecule has 10 aliphatic heterocycles. The second kappa shape index (κ2) is 52.9. The second-order valence-corrected chi connectivity index (χ2v) is 53.8. The van der Waals surface area contributed by atoms with Crippen LogP contribution in [0, 0.1) is 0 Å². The van der Waals surface area contributed by atoms with Gasteiger partial charge in [0.2, 0.25) is 14.7 Å². The fourth-order valence-electron chi connectivity index (χ4n) is 18.1. The van der Waals surface area contributed by atoms with E-state index in [0.29, 0.717) is 41.7 Å². The van der Waals surface area contributed by atoms with E-state index in [1.165, 1.54) is 83.8 Å². The van der Waals surface area contributed by atoms with E-state index in [1.54, 1.807) is 32.6 Å². The Morgan fingerprint density at radius 3 is 1.01 bits per heavy atom. The summed E-state index contributed by atoms with van der Waals surface area (Å²) in [4.78, 5) is 64.9. The van der Waals surface area contributed by atoms with Gasteiger partial charge in [-0.15, -0.1) is 0 Å². The number of nitrogens with two attached hydrogens (primary N) is 2. The second-order valence-electron chi connectivity index (χ2n) is 34.7. The van der Waals surface area contributed by atoms with Crippen LogP contribution in [0.1, 0.15) is 39.2 Å². The van der Waals surface area contributed by atoms with E-state index < -0.39 is 239 Å². The highest BCUT2D eigenvalue weighted by Gasteiger charge is 2.64. The summed E-state index contributed by atoms with van der Waals surface area (Å²) in [6.45, 7) is -0.372. The highest BCUT2D eigenvalue weighted by atomic mass is 31.3. The lowest BCUT2D eigenvalue weighted by Crippen LogP contribution is -2.41. The summed E-state index contributed by atoms with van der Waals surface area (Å²) < 4.78 is 271. The van der Waals surface area contributed by atoms with Crippen LogP contribution in [0.4, 0.5) is 11.6 Å². The van der Waals surface area contributed by atoms with Gasteiger partial charge in [-0.25, -0.2) is 28.6 Å². The Morgan fingerprint density at radius 1 is 0.363 bits per heavy atom. The van der Waals surface area contributed by atoms with Gasteiger partial charge >= 0.3 is 45.6 Å². The van der Waals surface area contributed by atoms with Crippen molar-refractivity contribution >= 4 is 84.4 Å².